The zero-order valence-electron chi connectivity index (χ0n) is 16.4. The van der Waals surface area contributed by atoms with Gasteiger partial charge in [0, 0.05) is 33.6 Å². The average molecular weight is 582 g/mol. The number of rotatable bonds is 0. The standard InChI is InChI=1S/16CHO.2Co/c16*1-2;;/h16*1H;;/q16*-1;;. The Morgan fingerprint density at radius 3 is 0.118 bits per heavy atom. The Labute approximate surface area is 219 Å². The van der Waals surface area contributed by atoms with Crippen molar-refractivity contribution in [1.82, 2.24) is 0 Å². The Kier molecular flexibility index (Phi) is 6370. The monoisotopic (exact) mass is 582 g/mol. The molecule has 0 spiro atoms. The predicted octanol–water partition coefficient (Wildman–Crippen LogP) is -4.39. The molecule has 0 bridgehead atoms. The van der Waals surface area contributed by atoms with Crippen LogP contribution in [0.1, 0.15) is 0 Å². The minimum atomic E-state index is 0. The van der Waals surface area contributed by atoms with E-state index in [4.69, 9.17) is 76.7 Å². The van der Waals surface area contributed by atoms with Gasteiger partial charge in [-0.3, -0.25) is 109 Å². The molecule has 0 aliphatic carbocycles. The minimum absolute atomic E-state index is 0. The minimum Gasteiger partial charge on any atom is -0.545 e. The van der Waals surface area contributed by atoms with Gasteiger partial charge in [0.1, 0.15) is 0 Å². The summed E-state index contributed by atoms with van der Waals surface area (Å²) in [5, 5.41) is 0. The number of hydrogen-bond donors (Lipinski definition) is 0. The summed E-state index contributed by atoms with van der Waals surface area (Å²) in [5.41, 5.74) is 0. The van der Waals surface area contributed by atoms with Gasteiger partial charge in [-0.1, -0.05) is 0 Å². The van der Waals surface area contributed by atoms with E-state index in [1.54, 1.807) is 0 Å². The average Bonchev–Trinajstić information content (AvgIpc) is 3.05. The van der Waals surface area contributed by atoms with Crippen LogP contribution in [0.2, 0.25) is 0 Å². The van der Waals surface area contributed by atoms with E-state index in [1.807, 2.05) is 0 Å². The van der Waals surface area contributed by atoms with Gasteiger partial charge >= 0.3 is 0 Å². The van der Waals surface area contributed by atoms with Crippen LogP contribution in [-0.4, -0.2) is 109 Å². The van der Waals surface area contributed by atoms with Crippen LogP contribution in [0.25, 0.3) is 0 Å². The zero-order chi connectivity index (χ0) is 32.0. The second-order valence-corrected chi connectivity index (χ2v) is 0. The fourth-order valence-electron chi connectivity index (χ4n) is 0. The quantitative estimate of drug-likeness (QED) is 0.193. The zero-order valence-corrected chi connectivity index (χ0v) is 18.5. The summed E-state index contributed by atoms with van der Waals surface area (Å²) in [6, 6.07) is 0. The molecule has 0 amide bonds. The molecule has 0 unspecified atom stereocenters. The second-order valence-electron chi connectivity index (χ2n) is 0. The van der Waals surface area contributed by atoms with Crippen molar-refractivity contribution in [3.8, 4) is 0 Å². The first-order valence-corrected chi connectivity index (χ1v) is 3.77. The molecule has 0 rings (SSSR count). The van der Waals surface area contributed by atoms with Crippen LogP contribution < -0.4 is 0 Å². The van der Waals surface area contributed by atoms with E-state index in [1.165, 1.54) is 0 Å². The van der Waals surface area contributed by atoms with Crippen molar-refractivity contribution in [2.24, 2.45) is 0 Å². The van der Waals surface area contributed by atoms with Gasteiger partial charge in [-0.15, -0.1) is 0 Å². The van der Waals surface area contributed by atoms with E-state index in [-0.39, 0.29) is 33.6 Å². The molecule has 0 aromatic heterocycles. The Bertz CT molecular complexity index is 107. The van der Waals surface area contributed by atoms with Gasteiger partial charge in [-0.05, 0) is 0 Å². The fourth-order valence-corrected chi connectivity index (χ4v) is 0. The van der Waals surface area contributed by atoms with Crippen molar-refractivity contribution in [3.05, 3.63) is 0 Å². The molecule has 34 heavy (non-hydrogen) atoms. The summed E-state index contributed by atoms with van der Waals surface area (Å²) < 4.78 is 0. The van der Waals surface area contributed by atoms with Gasteiger partial charge in [0.25, 0.3) is 0 Å². The Morgan fingerprint density at radius 1 is 0.118 bits per heavy atom. The van der Waals surface area contributed by atoms with Crippen LogP contribution in [0.15, 0.2) is 0 Å². The summed E-state index contributed by atoms with van der Waals surface area (Å²) in [6.45, 7) is 52.0. The van der Waals surface area contributed by atoms with Crippen molar-refractivity contribution < 1.29 is 110 Å². The second kappa shape index (κ2) is 1210. The summed E-state index contributed by atoms with van der Waals surface area (Å²) in [5.74, 6) is 0. The molecule has 0 aromatic carbocycles. The van der Waals surface area contributed by atoms with E-state index < -0.39 is 0 Å². The molecule has 0 heterocycles. The van der Waals surface area contributed by atoms with Crippen molar-refractivity contribution in [2.75, 3.05) is 0 Å². The van der Waals surface area contributed by atoms with E-state index in [0.29, 0.717) is 0 Å². The van der Waals surface area contributed by atoms with Gasteiger partial charge in [-0.2, -0.15) is 0 Å². The molecule has 16 nitrogen and oxygen atoms in total. The fraction of sp³-hybridized carbons (Fsp3) is 0. The molecule has 0 saturated heterocycles. The van der Waals surface area contributed by atoms with Gasteiger partial charge < -0.3 is 76.7 Å². The van der Waals surface area contributed by atoms with Gasteiger partial charge in [0.05, 0.1) is 0 Å². The molecular formula is C16H16Co2O16-16. The third kappa shape index (κ3) is 1090. The van der Waals surface area contributed by atoms with Crippen LogP contribution in [0.4, 0.5) is 0 Å². The van der Waals surface area contributed by atoms with Crippen molar-refractivity contribution in [2.45, 2.75) is 0 Å². The molecule has 0 aromatic rings. The maximum absolute atomic E-state index is 7.75. The third-order valence-electron chi connectivity index (χ3n) is 0. The Balaban J connectivity index is -0.00000000500. The molecule has 0 fully saturated rings. The summed E-state index contributed by atoms with van der Waals surface area (Å²) in [6.07, 6.45) is 0. The molecular weight excluding hydrogens is 566 g/mol. The summed E-state index contributed by atoms with van der Waals surface area (Å²) >= 11 is 0. The van der Waals surface area contributed by atoms with Gasteiger partial charge in [-0.25, -0.2) is 0 Å². The van der Waals surface area contributed by atoms with Crippen molar-refractivity contribution in [3.63, 3.8) is 0 Å². The smallest absolute Gasteiger partial charge is 0 e. The molecule has 0 saturated carbocycles. The Hall–Kier alpha value is -4.27. The van der Waals surface area contributed by atoms with Crippen LogP contribution in [-0.2, 0) is 110 Å². The molecule has 2 radical (unpaired) electrons. The van der Waals surface area contributed by atoms with E-state index in [2.05, 4.69) is 109 Å². The van der Waals surface area contributed by atoms with E-state index in [9.17, 15) is 0 Å². The number of carbonyl (C=O) groups excluding carboxylic acids is 16. The topological polar surface area (TPSA) is 273 Å². The van der Waals surface area contributed by atoms with Crippen LogP contribution in [0.5, 0.6) is 0 Å². The largest absolute Gasteiger partial charge is 0.545 e. The summed E-state index contributed by atoms with van der Waals surface area (Å²) in [7, 11) is 0. The van der Waals surface area contributed by atoms with Crippen LogP contribution >= 0.6 is 0 Å². The first kappa shape index (κ1) is 178. The van der Waals surface area contributed by atoms with Crippen LogP contribution in [0, 0.1) is 0 Å². The molecule has 0 aliphatic heterocycles. The maximum Gasteiger partial charge on any atom is 0 e. The first-order valence-electron chi connectivity index (χ1n) is 3.77. The predicted molar refractivity (Wildman–Crippen MR) is 108 cm³/mol. The van der Waals surface area contributed by atoms with Gasteiger partial charge in [0.15, 0.2) is 0 Å². The molecule has 18 heteroatoms. The van der Waals surface area contributed by atoms with Gasteiger partial charge in [0.2, 0.25) is 0 Å². The number of hydrogen-bond acceptors (Lipinski definition) is 16. The molecule has 0 N–H and O–H groups in total. The summed E-state index contributed by atoms with van der Waals surface area (Å²) in [4.78, 5) is 124. The Morgan fingerprint density at radius 2 is 0.118 bits per heavy atom. The van der Waals surface area contributed by atoms with Crippen molar-refractivity contribution in [1.29, 1.82) is 0 Å². The SMILES string of the molecule is [CH-]=O.[CH-]=O.[CH-]=O.[CH-]=O.[CH-]=O.[CH-]=O.[CH-]=O.[CH-]=O.[CH-]=O.[CH-]=O.[CH-]=O.[CH-]=O.[CH-]=O.[CH-]=O.[CH-]=O.[CH-]=O.[Co].[Co]. The van der Waals surface area contributed by atoms with E-state index in [0.717, 1.165) is 0 Å². The van der Waals surface area contributed by atoms with Crippen LogP contribution in [0.3, 0.4) is 0 Å². The third-order valence-corrected chi connectivity index (χ3v) is 0. The molecule has 210 valence electrons. The first-order chi connectivity index (χ1) is 16.0. The van der Waals surface area contributed by atoms with E-state index >= 15 is 0 Å². The normalized spacial score (nSPS) is 1.88. The maximum atomic E-state index is 7.75. The molecule has 0 atom stereocenters. The molecule has 0 aliphatic rings. The van der Waals surface area contributed by atoms with Crippen molar-refractivity contribution >= 4 is 109 Å².